The van der Waals surface area contributed by atoms with Crippen molar-refractivity contribution in [1.29, 1.82) is 0 Å². The lowest BCUT2D eigenvalue weighted by Crippen LogP contribution is -2.18. The van der Waals surface area contributed by atoms with Crippen LogP contribution in [0.4, 0.5) is 0 Å². The number of halogens is 2. The molecule has 0 radical (unpaired) electrons. The number of rotatable bonds is 3. The zero-order valence-corrected chi connectivity index (χ0v) is 10.0. The van der Waals surface area contributed by atoms with Crippen LogP contribution in [0.5, 0.6) is 0 Å². The molecule has 0 fully saturated rings. The lowest BCUT2D eigenvalue weighted by Gasteiger charge is -2.08. The molecule has 0 aliphatic carbocycles. The summed E-state index contributed by atoms with van der Waals surface area (Å²) in [7, 11) is 1.36. The highest BCUT2D eigenvalue weighted by Crippen LogP contribution is 2.19. The van der Waals surface area contributed by atoms with Gasteiger partial charge in [0.25, 0.3) is 0 Å². The van der Waals surface area contributed by atoms with Crippen LogP contribution in [-0.2, 0) is 16.0 Å². The van der Waals surface area contributed by atoms with Crippen molar-refractivity contribution in [3.8, 4) is 0 Å². The Balaban J connectivity index is 2.69. The fourth-order valence-corrected chi connectivity index (χ4v) is 1.82. The second-order valence-electron chi connectivity index (χ2n) is 2.79. The van der Waals surface area contributed by atoms with E-state index in [4.69, 9.17) is 11.6 Å². The van der Waals surface area contributed by atoms with Crippen molar-refractivity contribution in [2.24, 2.45) is 0 Å². The van der Waals surface area contributed by atoms with Gasteiger partial charge in [0, 0.05) is 5.02 Å². The Morgan fingerprint density at radius 1 is 1.57 bits per heavy atom. The van der Waals surface area contributed by atoms with Gasteiger partial charge in [0.15, 0.2) is 0 Å². The Morgan fingerprint density at radius 3 is 2.79 bits per heavy atom. The first kappa shape index (κ1) is 11.5. The molecule has 1 unspecified atom stereocenters. The van der Waals surface area contributed by atoms with E-state index in [1.54, 1.807) is 6.07 Å². The molecule has 0 saturated heterocycles. The van der Waals surface area contributed by atoms with Gasteiger partial charge in [-0.25, -0.2) is 0 Å². The number of hydrogen-bond donors (Lipinski definition) is 0. The fourth-order valence-electron chi connectivity index (χ4n) is 1.07. The molecule has 0 bridgehead atoms. The van der Waals surface area contributed by atoms with E-state index >= 15 is 0 Å². The van der Waals surface area contributed by atoms with E-state index in [1.165, 1.54) is 7.11 Å². The summed E-state index contributed by atoms with van der Waals surface area (Å²) >= 11 is 9.18. The number of esters is 1. The highest BCUT2D eigenvalue weighted by molar-refractivity contribution is 9.10. The average molecular weight is 278 g/mol. The van der Waals surface area contributed by atoms with Crippen molar-refractivity contribution in [2.75, 3.05) is 7.11 Å². The second-order valence-corrected chi connectivity index (χ2v) is 4.30. The van der Waals surface area contributed by atoms with Gasteiger partial charge in [0.2, 0.25) is 0 Å². The number of hydrogen-bond acceptors (Lipinski definition) is 2. The lowest BCUT2D eigenvalue weighted by molar-refractivity contribution is -0.139. The molecule has 0 spiro atoms. The first-order chi connectivity index (χ1) is 6.65. The quantitative estimate of drug-likeness (QED) is 0.627. The van der Waals surface area contributed by atoms with E-state index in [0.717, 1.165) is 5.56 Å². The second kappa shape index (κ2) is 5.37. The molecule has 0 amide bonds. The standard InChI is InChI=1S/C10H10BrClO2/c1-14-10(13)8(11)6-7-4-2-3-5-9(7)12/h2-5,8H,6H2,1H3. The highest BCUT2D eigenvalue weighted by Gasteiger charge is 2.16. The molecule has 1 aromatic rings. The van der Waals surface area contributed by atoms with Crippen molar-refractivity contribution in [3.05, 3.63) is 34.9 Å². The number of carbonyl (C=O) groups excluding carboxylic acids is 1. The van der Waals surface area contributed by atoms with Crippen LogP contribution in [0.15, 0.2) is 24.3 Å². The third kappa shape index (κ3) is 3.00. The van der Waals surface area contributed by atoms with Crippen molar-refractivity contribution in [2.45, 2.75) is 11.2 Å². The zero-order valence-electron chi connectivity index (χ0n) is 7.67. The van der Waals surface area contributed by atoms with Gasteiger partial charge >= 0.3 is 5.97 Å². The normalized spacial score (nSPS) is 12.2. The molecule has 0 heterocycles. The van der Waals surface area contributed by atoms with Crippen LogP contribution in [-0.4, -0.2) is 17.9 Å². The number of carbonyl (C=O) groups is 1. The predicted molar refractivity (Wildman–Crippen MR) is 59.9 cm³/mol. The minimum absolute atomic E-state index is 0.287. The van der Waals surface area contributed by atoms with E-state index < -0.39 is 0 Å². The Morgan fingerprint density at radius 2 is 2.21 bits per heavy atom. The Bertz CT molecular complexity index is 328. The Hall–Kier alpha value is -0.540. The molecule has 4 heteroatoms. The molecule has 14 heavy (non-hydrogen) atoms. The molecule has 0 aromatic heterocycles. The summed E-state index contributed by atoms with van der Waals surface area (Å²) in [5.41, 5.74) is 0.932. The first-order valence-electron chi connectivity index (χ1n) is 4.10. The van der Waals surface area contributed by atoms with Crippen molar-refractivity contribution in [1.82, 2.24) is 0 Å². The molecule has 0 aliphatic heterocycles. The molecule has 1 aromatic carbocycles. The van der Waals surface area contributed by atoms with Crippen molar-refractivity contribution < 1.29 is 9.53 Å². The van der Waals surface area contributed by atoms with Crippen molar-refractivity contribution in [3.63, 3.8) is 0 Å². The third-order valence-electron chi connectivity index (χ3n) is 1.81. The Labute approximate surface area is 96.3 Å². The fraction of sp³-hybridized carbons (Fsp3) is 0.300. The van der Waals surface area contributed by atoms with E-state index in [1.807, 2.05) is 18.2 Å². The molecule has 1 rings (SSSR count). The Kier molecular flexibility index (Phi) is 4.42. The van der Waals surface area contributed by atoms with Crippen LogP contribution < -0.4 is 0 Å². The zero-order chi connectivity index (χ0) is 10.6. The maximum absolute atomic E-state index is 11.1. The molecule has 2 nitrogen and oxygen atoms in total. The minimum atomic E-state index is -0.340. The van der Waals surface area contributed by atoms with Crippen LogP contribution in [0.1, 0.15) is 5.56 Å². The summed E-state index contributed by atoms with van der Waals surface area (Å²) in [6, 6.07) is 7.43. The first-order valence-corrected chi connectivity index (χ1v) is 5.40. The van der Waals surface area contributed by atoms with Gasteiger partial charge in [-0.15, -0.1) is 0 Å². The van der Waals surface area contributed by atoms with E-state index in [2.05, 4.69) is 20.7 Å². The minimum Gasteiger partial charge on any atom is -0.468 e. The summed E-state index contributed by atoms with van der Waals surface area (Å²) in [5.74, 6) is -0.287. The summed E-state index contributed by atoms with van der Waals surface area (Å²) < 4.78 is 4.60. The van der Waals surface area contributed by atoms with E-state index in [9.17, 15) is 4.79 Å². The monoisotopic (exact) mass is 276 g/mol. The number of ether oxygens (including phenoxy) is 1. The smallest absolute Gasteiger partial charge is 0.319 e. The van der Waals surface area contributed by atoms with Crippen LogP contribution in [0.3, 0.4) is 0 Å². The summed E-state index contributed by atoms with van der Waals surface area (Å²) in [6.07, 6.45) is 0.534. The van der Waals surface area contributed by atoms with Crippen molar-refractivity contribution >= 4 is 33.5 Å². The number of alkyl halides is 1. The van der Waals surface area contributed by atoms with E-state index in [0.29, 0.717) is 11.4 Å². The van der Waals surface area contributed by atoms with Gasteiger partial charge in [0.05, 0.1) is 7.11 Å². The number of methoxy groups -OCH3 is 1. The van der Waals surface area contributed by atoms with Crippen LogP contribution in [0, 0.1) is 0 Å². The highest BCUT2D eigenvalue weighted by atomic mass is 79.9. The molecular formula is C10H10BrClO2. The van der Waals surface area contributed by atoms with Gasteiger partial charge < -0.3 is 4.74 Å². The van der Waals surface area contributed by atoms with Gasteiger partial charge in [-0.3, -0.25) is 4.79 Å². The average Bonchev–Trinajstić information content (AvgIpc) is 2.20. The molecule has 0 saturated carbocycles. The molecular weight excluding hydrogens is 267 g/mol. The lowest BCUT2D eigenvalue weighted by atomic mass is 10.1. The topological polar surface area (TPSA) is 26.3 Å². The number of benzene rings is 1. The molecule has 76 valence electrons. The summed E-state index contributed by atoms with van der Waals surface area (Å²) in [6.45, 7) is 0. The van der Waals surface area contributed by atoms with Crippen LogP contribution in [0.2, 0.25) is 5.02 Å². The third-order valence-corrected chi connectivity index (χ3v) is 2.88. The van der Waals surface area contributed by atoms with Gasteiger partial charge in [-0.2, -0.15) is 0 Å². The van der Waals surface area contributed by atoms with Gasteiger partial charge in [-0.05, 0) is 18.1 Å². The predicted octanol–water partition coefficient (Wildman–Crippen LogP) is 2.82. The van der Waals surface area contributed by atoms with Crippen LogP contribution >= 0.6 is 27.5 Å². The maximum Gasteiger partial charge on any atom is 0.319 e. The largest absolute Gasteiger partial charge is 0.468 e. The molecule has 0 N–H and O–H groups in total. The van der Waals surface area contributed by atoms with Gasteiger partial charge in [0.1, 0.15) is 4.83 Å². The molecule has 1 atom stereocenters. The van der Waals surface area contributed by atoms with E-state index in [-0.39, 0.29) is 10.8 Å². The maximum atomic E-state index is 11.1. The SMILES string of the molecule is COC(=O)C(Br)Cc1ccccc1Cl. The van der Waals surface area contributed by atoms with Gasteiger partial charge in [-0.1, -0.05) is 45.7 Å². The summed E-state index contributed by atoms with van der Waals surface area (Å²) in [5, 5.41) is 0.667. The van der Waals surface area contributed by atoms with Crippen LogP contribution in [0.25, 0.3) is 0 Å². The molecule has 0 aliphatic rings. The summed E-state index contributed by atoms with van der Waals surface area (Å²) in [4.78, 5) is 10.8.